The molecule has 0 saturated carbocycles. The lowest BCUT2D eigenvalue weighted by molar-refractivity contribution is -0.156. The molecule has 8 N–H and O–H groups in total. The first-order chi connectivity index (χ1) is 45.5. The summed E-state index contributed by atoms with van der Waals surface area (Å²) in [6.07, 6.45) is 0.0285. The number of carboxylic acids is 4. The van der Waals surface area contributed by atoms with Crippen LogP contribution in [0.15, 0.2) is 122 Å². The lowest BCUT2D eigenvalue weighted by atomic mass is 10.1. The van der Waals surface area contributed by atoms with Crippen LogP contribution < -0.4 is 0 Å². The van der Waals surface area contributed by atoms with Gasteiger partial charge < -0.3 is 117 Å². The molecule has 36 heteroatoms. The van der Waals surface area contributed by atoms with Gasteiger partial charge in [0.1, 0.15) is 66.1 Å². The summed E-state index contributed by atoms with van der Waals surface area (Å²) in [5, 5.41) is 69.5. The Morgan fingerprint density at radius 2 is 0.458 bits per heavy atom. The number of aliphatic hydroxyl groups is 4. The van der Waals surface area contributed by atoms with Gasteiger partial charge in [-0.15, -0.1) is 0 Å². The molecule has 8 heterocycles. The summed E-state index contributed by atoms with van der Waals surface area (Å²) >= 11 is 0. The minimum atomic E-state index is -1.27. The molecular formula is C60H68O36. The van der Waals surface area contributed by atoms with Crippen molar-refractivity contribution >= 4 is 71.6 Å². The van der Waals surface area contributed by atoms with Crippen LogP contribution in [-0.2, 0) is 133 Å². The monoisotopic (exact) mass is 1360 g/mol. The molecule has 8 aliphatic rings. The highest BCUT2D eigenvalue weighted by Crippen LogP contribution is 2.34. The molecule has 0 unspecified atom stereocenters. The van der Waals surface area contributed by atoms with Crippen LogP contribution in [0.1, 0.15) is 25.7 Å². The van der Waals surface area contributed by atoms with E-state index in [-0.39, 0.29) is 102 Å². The molecule has 36 nitrogen and oxygen atoms in total. The van der Waals surface area contributed by atoms with Crippen LogP contribution in [0.2, 0.25) is 0 Å². The first-order valence-electron chi connectivity index (χ1n) is 28.5. The van der Waals surface area contributed by atoms with Gasteiger partial charge in [0.15, 0.2) is 48.8 Å². The fourth-order valence-electron chi connectivity index (χ4n) is 9.48. The third-order valence-corrected chi connectivity index (χ3v) is 13.5. The number of ether oxygens (including phenoxy) is 16. The van der Waals surface area contributed by atoms with Gasteiger partial charge in [-0.05, 0) is 18.2 Å². The van der Waals surface area contributed by atoms with E-state index in [0.29, 0.717) is 18.2 Å². The summed E-state index contributed by atoms with van der Waals surface area (Å²) in [6, 6.07) is 0. The number of fused-ring (bicyclic) bond motifs is 4. The van der Waals surface area contributed by atoms with Crippen LogP contribution in [0, 0.1) is 0 Å². The van der Waals surface area contributed by atoms with E-state index in [4.69, 9.17) is 117 Å². The van der Waals surface area contributed by atoms with Gasteiger partial charge in [0.25, 0.3) is 0 Å². The molecule has 96 heavy (non-hydrogen) atoms. The second-order valence-electron chi connectivity index (χ2n) is 20.7. The number of esters is 8. The molecule has 0 aromatic heterocycles. The van der Waals surface area contributed by atoms with Crippen LogP contribution in [0.4, 0.5) is 0 Å². The molecule has 8 fully saturated rings. The number of rotatable bonds is 26. The number of hydrogen-bond donors (Lipinski definition) is 8. The Bertz CT molecular complexity index is 2790. The minimum absolute atomic E-state index is 0.0123. The molecule has 16 atom stereocenters. The highest BCUT2D eigenvalue weighted by atomic mass is 16.7. The van der Waals surface area contributed by atoms with Crippen molar-refractivity contribution < 1.29 is 174 Å². The summed E-state index contributed by atoms with van der Waals surface area (Å²) in [5.74, 6) is -11.6. The number of carbonyl (C=O) groups is 12. The summed E-state index contributed by atoms with van der Waals surface area (Å²) in [5.41, 5.74) is 0. The Labute approximate surface area is 542 Å². The molecule has 0 spiro atoms. The Morgan fingerprint density at radius 3 is 0.635 bits per heavy atom. The van der Waals surface area contributed by atoms with Gasteiger partial charge in [-0.1, -0.05) is 26.3 Å². The van der Waals surface area contributed by atoms with Crippen molar-refractivity contribution in [3.05, 3.63) is 122 Å². The van der Waals surface area contributed by atoms with Crippen molar-refractivity contribution in [1.82, 2.24) is 0 Å². The van der Waals surface area contributed by atoms with E-state index in [2.05, 4.69) is 26.3 Å². The Hall–Kier alpha value is -10.1. The Kier molecular flexibility index (Phi) is 30.1. The van der Waals surface area contributed by atoms with Crippen LogP contribution in [0.25, 0.3) is 0 Å². The fraction of sp³-hybridized carbons (Fsp3) is 0.467. The van der Waals surface area contributed by atoms with Gasteiger partial charge in [-0.2, -0.15) is 0 Å². The lowest BCUT2D eigenvalue weighted by Crippen LogP contribution is -2.35. The molecule has 0 aliphatic carbocycles. The van der Waals surface area contributed by atoms with E-state index in [1.165, 1.54) is 0 Å². The van der Waals surface area contributed by atoms with Crippen molar-refractivity contribution in [2.45, 2.75) is 123 Å². The average Bonchev–Trinajstić information content (AvgIpc) is 1.68. The average molecular weight is 1370 g/mol. The van der Waals surface area contributed by atoms with Crippen molar-refractivity contribution in [2.75, 3.05) is 52.9 Å². The predicted octanol–water partition coefficient (Wildman–Crippen LogP) is -0.0468. The van der Waals surface area contributed by atoms with Gasteiger partial charge in [-0.25, -0.2) is 43.2 Å². The molecule has 0 radical (unpaired) electrons. The standard InChI is InChI=1S/2C15H18O9.2C15H16O9/c4*1-8(16)2-4-12(19)23-9-6-21-15-10(7-22-14(9)15)24-13(20)5-3-11(17)18/h3,5,9-10,14-16H,1-2,4,6-7H2,(H,17,18);2,4,9-10,14-16H,1,3,5-7H2,(H,17,18);2*2-5,9-10,14-16H,1,6-7H2,(H,17,18)/b5-3+;4-2-;4-2-,5-3+;4-2-,5-3-/t4*9-,10-,14+,15+/m0000/s1. The largest absolute Gasteiger partial charge is 0.513 e. The molecule has 0 amide bonds. The van der Waals surface area contributed by atoms with E-state index in [1.807, 2.05) is 0 Å². The number of carboxylic acid groups (broad SMARTS) is 4. The van der Waals surface area contributed by atoms with Crippen molar-refractivity contribution in [2.24, 2.45) is 0 Å². The number of hydrogen-bond acceptors (Lipinski definition) is 32. The predicted molar refractivity (Wildman–Crippen MR) is 308 cm³/mol. The second-order valence-corrected chi connectivity index (χ2v) is 20.7. The maximum absolute atomic E-state index is 11.7. The Morgan fingerprint density at radius 1 is 0.271 bits per heavy atom. The zero-order chi connectivity index (χ0) is 70.8. The van der Waals surface area contributed by atoms with E-state index < -0.39 is 169 Å². The highest BCUT2D eigenvalue weighted by Gasteiger charge is 2.54. The van der Waals surface area contributed by atoms with Gasteiger partial charge >= 0.3 is 71.6 Å². The van der Waals surface area contributed by atoms with Crippen molar-refractivity contribution in [1.29, 1.82) is 0 Å². The van der Waals surface area contributed by atoms with E-state index in [9.17, 15) is 57.5 Å². The van der Waals surface area contributed by atoms with Crippen LogP contribution in [0.5, 0.6) is 0 Å². The van der Waals surface area contributed by atoms with Crippen molar-refractivity contribution in [3.8, 4) is 0 Å². The van der Waals surface area contributed by atoms with Gasteiger partial charge in [0.05, 0.1) is 77.9 Å². The van der Waals surface area contributed by atoms with Crippen LogP contribution >= 0.6 is 0 Å². The lowest BCUT2D eigenvalue weighted by Gasteiger charge is -2.17. The number of allylic oxidation sites excluding steroid dienone is 4. The van der Waals surface area contributed by atoms with E-state index in [1.54, 1.807) is 0 Å². The summed E-state index contributed by atoms with van der Waals surface area (Å²) in [4.78, 5) is 134. The SMILES string of the molecule is C=C(O)/C=C\C(=O)O[C@H]1CO[C@H]2[C@@H]1OC[C@@H]2OC(=O)/C=C/C(=O)O.C=C(O)/C=C\C(=O)O[C@H]1CO[C@H]2[C@@H]1OC[C@@H]2OC(=O)/C=C\C(=O)O.C=C(O)/C=C\C(=O)O[C@H]1CO[C@H]2[C@@H]1OC[C@@H]2OC(=O)CCC(=O)O.C=C(O)CCC(=O)O[C@H]1CO[C@H]2[C@@H]1OC[C@@H]2OC(=O)/C=C/C(=O)O. The number of carbonyl (C=O) groups excluding carboxylic acids is 8. The highest BCUT2D eigenvalue weighted by molar-refractivity contribution is 5.92. The van der Waals surface area contributed by atoms with Crippen LogP contribution in [0.3, 0.4) is 0 Å². The molecule has 8 saturated heterocycles. The van der Waals surface area contributed by atoms with Gasteiger partial charge in [-0.3, -0.25) is 14.4 Å². The summed E-state index contributed by atoms with van der Waals surface area (Å²) in [6.45, 7) is 13.4. The van der Waals surface area contributed by atoms with Crippen molar-refractivity contribution in [3.63, 3.8) is 0 Å². The molecule has 8 aliphatic heterocycles. The first-order valence-corrected chi connectivity index (χ1v) is 28.5. The molecule has 8 rings (SSSR count). The molecule has 0 aromatic rings. The van der Waals surface area contributed by atoms with Gasteiger partial charge in [0.2, 0.25) is 0 Å². The zero-order valence-electron chi connectivity index (χ0n) is 50.5. The molecular weight excluding hydrogens is 1300 g/mol. The molecule has 0 bridgehead atoms. The Balaban J connectivity index is 0.000000231. The topological polar surface area (TPSA) is 514 Å². The quantitative estimate of drug-likeness (QED) is 0.0185. The second kappa shape index (κ2) is 37.7. The minimum Gasteiger partial charge on any atom is -0.513 e. The number of aliphatic hydroxyl groups excluding tert-OH is 4. The normalized spacial score (nSPS) is 28.7. The molecule has 524 valence electrons. The third-order valence-electron chi connectivity index (χ3n) is 13.5. The van der Waals surface area contributed by atoms with E-state index >= 15 is 0 Å². The summed E-state index contributed by atoms with van der Waals surface area (Å²) in [7, 11) is 0. The fourth-order valence-corrected chi connectivity index (χ4v) is 9.48. The first kappa shape index (κ1) is 76.6. The zero-order valence-corrected chi connectivity index (χ0v) is 50.5. The maximum atomic E-state index is 11.7. The van der Waals surface area contributed by atoms with Gasteiger partial charge in [0, 0.05) is 61.1 Å². The number of aliphatic carboxylic acids is 4. The maximum Gasteiger partial charge on any atom is 0.331 e. The molecule has 0 aromatic carbocycles. The third kappa shape index (κ3) is 25.7. The van der Waals surface area contributed by atoms with Crippen LogP contribution in [-0.4, -0.2) is 263 Å². The van der Waals surface area contributed by atoms with E-state index in [0.717, 1.165) is 54.7 Å². The summed E-state index contributed by atoms with van der Waals surface area (Å²) < 4.78 is 84.7. The smallest absolute Gasteiger partial charge is 0.331 e.